The van der Waals surface area contributed by atoms with Gasteiger partial charge in [-0.05, 0) is 50.8 Å². The van der Waals surface area contributed by atoms with E-state index < -0.39 is 0 Å². The molecule has 2 bridgehead atoms. The summed E-state index contributed by atoms with van der Waals surface area (Å²) < 4.78 is 1.17. The summed E-state index contributed by atoms with van der Waals surface area (Å²) in [6, 6.07) is 2.28. The van der Waals surface area contributed by atoms with Crippen LogP contribution in [0.1, 0.15) is 36.2 Å². The molecule has 0 saturated carbocycles. The molecule has 0 radical (unpaired) electrons. The van der Waals surface area contributed by atoms with Gasteiger partial charge in [-0.15, -0.1) is 11.3 Å². The normalized spacial score (nSPS) is 28.6. The van der Waals surface area contributed by atoms with Crippen molar-refractivity contribution < 1.29 is 4.79 Å². The molecule has 5 nitrogen and oxygen atoms in total. The highest BCUT2D eigenvalue weighted by molar-refractivity contribution is 7.17. The smallest absolute Gasteiger partial charge is 0.270 e. The lowest BCUT2D eigenvalue weighted by molar-refractivity contribution is 0.0618. The van der Waals surface area contributed by atoms with E-state index in [0.717, 1.165) is 19.6 Å². The summed E-state index contributed by atoms with van der Waals surface area (Å²) >= 11 is 1.72. The second kappa shape index (κ2) is 6.25. The summed E-state index contributed by atoms with van der Waals surface area (Å²) in [6.07, 6.45) is 6.80. The van der Waals surface area contributed by atoms with Gasteiger partial charge < -0.3 is 15.1 Å². The monoisotopic (exact) mass is 356 g/mol. The Balaban J connectivity index is 1.38. The molecule has 1 amide bonds. The Kier molecular flexibility index (Phi) is 3.90. The highest BCUT2D eigenvalue weighted by Crippen LogP contribution is 2.35. The van der Waals surface area contributed by atoms with Crippen LogP contribution in [0.3, 0.4) is 0 Å². The van der Waals surface area contributed by atoms with Crippen molar-refractivity contribution in [3.8, 4) is 0 Å². The molecule has 132 valence electrons. The lowest BCUT2D eigenvalue weighted by Crippen LogP contribution is -2.57. The van der Waals surface area contributed by atoms with E-state index in [9.17, 15) is 4.79 Å². The second-order valence-corrected chi connectivity index (χ2v) is 8.51. The number of carbonyl (C=O) groups is 1. The van der Waals surface area contributed by atoms with Gasteiger partial charge in [-0.25, -0.2) is 4.98 Å². The minimum Gasteiger partial charge on any atom is -0.370 e. The largest absolute Gasteiger partial charge is 0.370 e. The highest BCUT2D eigenvalue weighted by Gasteiger charge is 2.35. The minimum atomic E-state index is -0.0146. The summed E-state index contributed by atoms with van der Waals surface area (Å²) in [6.45, 7) is 5.62. The van der Waals surface area contributed by atoms with Gasteiger partial charge in [0.05, 0.1) is 10.4 Å². The molecule has 4 saturated heterocycles. The van der Waals surface area contributed by atoms with E-state index in [-0.39, 0.29) is 11.9 Å². The fraction of sp³-hybridized carbons (Fsp3) is 0.579. The molecule has 6 heterocycles. The van der Waals surface area contributed by atoms with Crippen LogP contribution in [0.5, 0.6) is 0 Å². The Labute approximate surface area is 152 Å². The van der Waals surface area contributed by atoms with Gasteiger partial charge in [0.1, 0.15) is 5.69 Å². The maximum Gasteiger partial charge on any atom is 0.270 e. The van der Waals surface area contributed by atoms with Gasteiger partial charge in [0, 0.05) is 42.6 Å². The molecule has 6 heteroatoms. The number of anilines is 1. The second-order valence-electron chi connectivity index (χ2n) is 7.60. The van der Waals surface area contributed by atoms with Crippen LogP contribution in [-0.2, 0) is 0 Å². The van der Waals surface area contributed by atoms with Crippen LogP contribution < -0.4 is 10.2 Å². The first kappa shape index (κ1) is 15.6. The third-order valence-corrected chi connectivity index (χ3v) is 7.01. The van der Waals surface area contributed by atoms with Crippen LogP contribution in [0.2, 0.25) is 0 Å². The maximum absolute atomic E-state index is 12.8. The molecular weight excluding hydrogens is 332 g/mol. The molecule has 25 heavy (non-hydrogen) atoms. The van der Waals surface area contributed by atoms with Gasteiger partial charge in [0.25, 0.3) is 5.91 Å². The summed E-state index contributed by atoms with van der Waals surface area (Å²) in [7, 11) is 0. The molecule has 1 N–H and O–H groups in total. The number of amides is 1. The third-order valence-electron chi connectivity index (χ3n) is 6.09. The van der Waals surface area contributed by atoms with E-state index in [2.05, 4.69) is 25.5 Å². The van der Waals surface area contributed by atoms with Crippen LogP contribution in [0.4, 0.5) is 5.69 Å². The summed E-state index contributed by atoms with van der Waals surface area (Å²) in [4.78, 5) is 22.1. The van der Waals surface area contributed by atoms with E-state index in [1.54, 1.807) is 11.3 Å². The number of aromatic nitrogens is 1. The lowest BCUT2D eigenvalue weighted by Gasteiger charge is -2.44. The van der Waals surface area contributed by atoms with Crippen molar-refractivity contribution in [1.29, 1.82) is 0 Å². The number of hydrogen-bond donors (Lipinski definition) is 1. The van der Waals surface area contributed by atoms with Crippen molar-refractivity contribution in [2.24, 2.45) is 5.92 Å². The van der Waals surface area contributed by atoms with E-state index >= 15 is 0 Å². The van der Waals surface area contributed by atoms with Crippen LogP contribution in [0, 0.1) is 5.92 Å². The van der Waals surface area contributed by atoms with Crippen molar-refractivity contribution in [3.05, 3.63) is 23.3 Å². The molecule has 0 aromatic carbocycles. The summed E-state index contributed by atoms with van der Waals surface area (Å²) in [5.74, 6) is 0.623. The Morgan fingerprint density at radius 2 is 2.00 bits per heavy atom. The zero-order valence-electron chi connectivity index (χ0n) is 14.4. The van der Waals surface area contributed by atoms with Crippen LogP contribution in [0.25, 0.3) is 10.1 Å². The number of rotatable bonds is 3. The summed E-state index contributed by atoms with van der Waals surface area (Å²) in [5.41, 5.74) is 1.83. The molecule has 0 spiro atoms. The number of carbonyl (C=O) groups excluding carboxylic acids is 1. The number of piperidine rings is 3. The van der Waals surface area contributed by atoms with Crippen molar-refractivity contribution in [2.75, 3.05) is 37.6 Å². The zero-order chi connectivity index (χ0) is 16.8. The van der Waals surface area contributed by atoms with Crippen LogP contribution in [0.15, 0.2) is 17.6 Å². The van der Waals surface area contributed by atoms with Gasteiger partial charge >= 0.3 is 0 Å². The van der Waals surface area contributed by atoms with Crippen molar-refractivity contribution in [3.63, 3.8) is 0 Å². The molecule has 4 aliphatic heterocycles. The predicted octanol–water partition coefficient (Wildman–Crippen LogP) is 2.72. The first-order valence-electron chi connectivity index (χ1n) is 9.43. The van der Waals surface area contributed by atoms with Gasteiger partial charge in [0.15, 0.2) is 0 Å². The summed E-state index contributed by atoms with van der Waals surface area (Å²) in [5, 5.41) is 6.66. The topological polar surface area (TPSA) is 48.5 Å². The van der Waals surface area contributed by atoms with E-state index in [4.69, 9.17) is 0 Å². The molecule has 2 aromatic heterocycles. The number of nitrogens with zero attached hydrogens (tertiary/aromatic N) is 3. The highest BCUT2D eigenvalue weighted by atomic mass is 32.1. The predicted molar refractivity (Wildman–Crippen MR) is 101 cm³/mol. The Morgan fingerprint density at radius 3 is 2.72 bits per heavy atom. The van der Waals surface area contributed by atoms with Crippen LogP contribution >= 0.6 is 11.3 Å². The number of fused-ring (bicyclic) bond motifs is 4. The first-order chi connectivity index (χ1) is 12.3. The number of thiophene rings is 1. The molecule has 4 fully saturated rings. The zero-order valence-corrected chi connectivity index (χ0v) is 15.2. The van der Waals surface area contributed by atoms with E-state index in [1.165, 1.54) is 54.5 Å². The van der Waals surface area contributed by atoms with E-state index in [1.807, 2.05) is 12.3 Å². The van der Waals surface area contributed by atoms with Gasteiger partial charge in [-0.2, -0.15) is 0 Å². The fourth-order valence-corrected chi connectivity index (χ4v) is 5.54. The third kappa shape index (κ3) is 2.81. The quantitative estimate of drug-likeness (QED) is 0.919. The number of nitrogens with one attached hydrogen (secondary N) is 1. The standard InChI is InChI=1S/C19H24N4OS/c24-19(21-16-11-22-7-3-13(16)4-8-22)15-9-14-17(23-5-1-2-6-23)12-25-18(14)10-20-15/h9-10,12-13,16H,1-8,11H2,(H,21,24). The lowest BCUT2D eigenvalue weighted by atomic mass is 9.84. The molecule has 4 aliphatic rings. The molecule has 0 aliphatic carbocycles. The molecular formula is C19H24N4OS. The van der Waals surface area contributed by atoms with Crippen molar-refractivity contribution in [2.45, 2.75) is 31.7 Å². The average molecular weight is 356 g/mol. The Morgan fingerprint density at radius 1 is 1.20 bits per heavy atom. The van der Waals surface area contributed by atoms with Crippen molar-refractivity contribution in [1.82, 2.24) is 15.2 Å². The molecule has 2 aromatic rings. The first-order valence-corrected chi connectivity index (χ1v) is 10.3. The van der Waals surface area contributed by atoms with Crippen LogP contribution in [-0.4, -0.2) is 54.6 Å². The maximum atomic E-state index is 12.8. The molecule has 6 rings (SSSR count). The minimum absolute atomic E-state index is 0.0146. The molecule has 1 unspecified atom stereocenters. The van der Waals surface area contributed by atoms with Gasteiger partial charge in [-0.3, -0.25) is 4.79 Å². The molecule has 1 atom stereocenters. The van der Waals surface area contributed by atoms with Crippen molar-refractivity contribution >= 4 is 33.0 Å². The average Bonchev–Trinajstić information content (AvgIpc) is 3.31. The number of hydrogen-bond acceptors (Lipinski definition) is 5. The van der Waals surface area contributed by atoms with Gasteiger partial charge in [-0.1, -0.05) is 0 Å². The Hall–Kier alpha value is -1.66. The van der Waals surface area contributed by atoms with E-state index in [0.29, 0.717) is 11.6 Å². The van der Waals surface area contributed by atoms with Gasteiger partial charge in [0.2, 0.25) is 0 Å². The number of pyridine rings is 1. The fourth-order valence-electron chi connectivity index (χ4n) is 4.62. The Bertz CT molecular complexity index is 790. The SMILES string of the molecule is O=C(NC1CN2CCC1CC2)c1cc2c(N3CCCC3)csc2cn1.